The molecule has 230 valence electrons. The van der Waals surface area contributed by atoms with Crippen molar-refractivity contribution in [1.82, 2.24) is 10.0 Å². The number of hydrogen-bond donors (Lipinski definition) is 3. The molecular weight excluding hydrogens is 603 g/mol. The van der Waals surface area contributed by atoms with Crippen LogP contribution in [0.1, 0.15) is 10.4 Å². The first-order valence-corrected chi connectivity index (χ1v) is 17.7. The lowest BCUT2D eigenvalue weighted by Gasteiger charge is -2.27. The Morgan fingerprint density at radius 1 is 0.756 bits per heavy atom. The average Bonchev–Trinajstić information content (AvgIpc) is 3.06. The van der Waals surface area contributed by atoms with E-state index in [1.54, 1.807) is 36.1 Å². The summed E-state index contributed by atoms with van der Waals surface area (Å²) in [5.74, 6) is 0.838. The van der Waals surface area contributed by atoms with Crippen LogP contribution in [0.25, 0.3) is 10.8 Å². The van der Waals surface area contributed by atoms with Gasteiger partial charge in [-0.05, 0) is 66.5 Å². The molecule has 45 heavy (non-hydrogen) atoms. The molecule has 0 aliphatic rings. The number of fused-ring (bicyclic) bond motifs is 1. The average molecular weight is 639 g/mol. The number of hydrogen-bond acceptors (Lipinski definition) is 6. The number of rotatable bonds is 12. The van der Waals surface area contributed by atoms with E-state index in [-0.39, 0.29) is 23.9 Å². The van der Waals surface area contributed by atoms with Gasteiger partial charge in [-0.1, -0.05) is 60.7 Å². The lowest BCUT2D eigenvalue weighted by molar-refractivity contribution is -0.311. The highest BCUT2D eigenvalue weighted by atomic mass is 32.2. The molecule has 8 nitrogen and oxygen atoms in total. The zero-order valence-electron chi connectivity index (χ0n) is 25.1. The number of amides is 1. The number of nitrogens with two attached hydrogens (primary N) is 1. The molecule has 5 aromatic carbocycles. The molecule has 4 N–H and O–H groups in total. The quantitative estimate of drug-likeness (QED) is 0.110. The van der Waals surface area contributed by atoms with Crippen LogP contribution in [0.15, 0.2) is 138 Å². The Hall–Kier alpha value is -4.69. The standard InChI is InChI=1S/C35H35N4O4PS/c1-39(2)32-17-9-16-31-30(32)15-10-18-33(31)45(42,43)38-24-23-37-34(40)25-44(27-11-5-3-6-12-27,28-13-7-4-8-14-28)29-21-19-26(20-22-29)35(36)41/h3-22,25,37-38H,23-24H2,1-2H3,(H2-,36,40,41)/b34-25-. The van der Waals surface area contributed by atoms with Crippen molar-refractivity contribution in [2.75, 3.05) is 32.1 Å². The van der Waals surface area contributed by atoms with Gasteiger partial charge in [0.15, 0.2) is 0 Å². The van der Waals surface area contributed by atoms with E-state index in [4.69, 9.17) is 5.73 Å². The van der Waals surface area contributed by atoms with Gasteiger partial charge in [0.2, 0.25) is 15.9 Å². The van der Waals surface area contributed by atoms with Gasteiger partial charge in [-0.25, -0.2) is 13.1 Å². The minimum atomic E-state index is -3.86. The molecule has 0 fully saturated rings. The normalized spacial score (nSPS) is 12.2. The predicted octanol–water partition coefficient (Wildman–Crippen LogP) is 3.03. The minimum Gasteiger partial charge on any atom is -0.858 e. The van der Waals surface area contributed by atoms with Crippen molar-refractivity contribution < 1.29 is 18.3 Å². The summed E-state index contributed by atoms with van der Waals surface area (Å²) in [6, 6.07) is 37.4. The second kappa shape index (κ2) is 13.5. The van der Waals surface area contributed by atoms with E-state index in [0.717, 1.165) is 27.0 Å². The number of sulfonamides is 1. The number of primary amides is 1. The third-order valence-electron chi connectivity index (χ3n) is 7.54. The number of carbonyl (C=O) groups excluding carboxylic acids is 1. The topological polar surface area (TPSA) is 128 Å². The zero-order valence-corrected chi connectivity index (χ0v) is 26.8. The van der Waals surface area contributed by atoms with Crippen molar-refractivity contribution in [1.29, 1.82) is 0 Å². The van der Waals surface area contributed by atoms with Crippen molar-refractivity contribution in [3.8, 4) is 0 Å². The summed E-state index contributed by atoms with van der Waals surface area (Å²) in [6.45, 7) is 0.0770. The Balaban J connectivity index is 1.43. The first kappa shape index (κ1) is 31.7. The molecule has 0 radical (unpaired) electrons. The lowest BCUT2D eigenvalue weighted by Crippen LogP contribution is -2.36. The van der Waals surface area contributed by atoms with Crippen LogP contribution >= 0.6 is 7.26 Å². The fraction of sp³-hybridized carbons (Fsp3) is 0.114. The van der Waals surface area contributed by atoms with Gasteiger partial charge >= 0.3 is 0 Å². The van der Waals surface area contributed by atoms with Gasteiger partial charge in [0.1, 0.15) is 23.2 Å². The summed E-state index contributed by atoms with van der Waals surface area (Å²) in [7, 11) is -2.70. The highest BCUT2D eigenvalue weighted by Gasteiger charge is 2.43. The summed E-state index contributed by atoms with van der Waals surface area (Å²) in [6.07, 6.45) is 0. The number of nitrogens with one attached hydrogen (secondary N) is 2. The Bertz CT molecular complexity index is 1890. The number of nitrogens with zero attached hydrogens (tertiary/aromatic N) is 1. The number of anilines is 1. The summed E-state index contributed by atoms with van der Waals surface area (Å²) < 4.78 is 29.4. The van der Waals surface area contributed by atoms with Crippen molar-refractivity contribution in [3.63, 3.8) is 0 Å². The molecule has 0 atom stereocenters. The molecule has 10 heteroatoms. The Morgan fingerprint density at radius 3 is 1.89 bits per heavy atom. The maximum Gasteiger partial charge on any atom is 0.248 e. The third-order valence-corrected chi connectivity index (χ3v) is 13.0. The highest BCUT2D eigenvalue weighted by Crippen LogP contribution is 2.57. The fourth-order valence-corrected chi connectivity index (χ4v) is 10.4. The monoisotopic (exact) mass is 638 g/mol. The molecule has 1 amide bonds. The Morgan fingerprint density at radius 2 is 1.31 bits per heavy atom. The van der Waals surface area contributed by atoms with Gasteiger partial charge in [-0.3, -0.25) is 4.79 Å². The second-order valence-corrected chi connectivity index (χ2v) is 15.6. The Labute approximate surface area is 264 Å². The largest absolute Gasteiger partial charge is 0.858 e. The summed E-state index contributed by atoms with van der Waals surface area (Å²) in [4.78, 5) is 13.9. The van der Waals surface area contributed by atoms with Gasteiger partial charge in [-0.15, -0.1) is 0 Å². The van der Waals surface area contributed by atoms with Crippen molar-refractivity contribution in [2.24, 2.45) is 5.73 Å². The summed E-state index contributed by atoms with van der Waals surface area (Å²) in [5, 5.41) is 20.7. The van der Waals surface area contributed by atoms with E-state index in [0.29, 0.717) is 10.9 Å². The molecule has 0 heterocycles. The van der Waals surface area contributed by atoms with Crippen LogP contribution < -0.4 is 41.7 Å². The molecule has 0 aromatic heterocycles. The van der Waals surface area contributed by atoms with Crippen LogP contribution in [0.3, 0.4) is 0 Å². The predicted molar refractivity (Wildman–Crippen MR) is 183 cm³/mol. The molecule has 0 unspecified atom stereocenters. The molecule has 0 aliphatic carbocycles. The molecule has 0 saturated heterocycles. The smallest absolute Gasteiger partial charge is 0.248 e. The first-order chi connectivity index (χ1) is 21.6. The van der Waals surface area contributed by atoms with Gasteiger partial charge in [-0.2, -0.15) is 0 Å². The maximum atomic E-state index is 13.6. The van der Waals surface area contributed by atoms with Crippen LogP contribution in [-0.2, 0) is 10.0 Å². The van der Waals surface area contributed by atoms with Crippen molar-refractivity contribution in [3.05, 3.63) is 139 Å². The van der Waals surface area contributed by atoms with Crippen LogP contribution in [0, 0.1) is 0 Å². The highest BCUT2D eigenvalue weighted by molar-refractivity contribution is 7.98. The third kappa shape index (κ3) is 6.71. The van der Waals surface area contributed by atoms with Crippen molar-refractivity contribution in [2.45, 2.75) is 4.90 Å². The van der Waals surface area contributed by atoms with Gasteiger partial charge < -0.3 is 21.1 Å². The SMILES string of the molecule is CN(C)c1cccc2c(S(=O)(=O)NCCN/C([O-])=C/[P+](c3ccccc3)(c3ccccc3)c3ccc(C(N)=O)cc3)cccc12. The lowest BCUT2D eigenvalue weighted by atomic mass is 10.1. The summed E-state index contributed by atoms with van der Waals surface area (Å²) in [5.41, 5.74) is 6.80. The maximum absolute atomic E-state index is 13.6. The van der Waals surface area contributed by atoms with Crippen LogP contribution in [0.2, 0.25) is 0 Å². The van der Waals surface area contributed by atoms with Crippen LogP contribution in [-0.4, -0.2) is 41.5 Å². The minimum absolute atomic E-state index is 0.00109. The van der Waals surface area contributed by atoms with E-state index < -0.39 is 23.2 Å². The van der Waals surface area contributed by atoms with E-state index in [1.807, 2.05) is 110 Å². The number of carbonyl (C=O) groups is 1. The first-order valence-electron chi connectivity index (χ1n) is 14.4. The molecule has 0 aliphatic heterocycles. The fourth-order valence-electron chi connectivity index (χ4n) is 5.42. The summed E-state index contributed by atoms with van der Waals surface area (Å²) >= 11 is 0. The Kier molecular flexibility index (Phi) is 9.54. The van der Waals surface area contributed by atoms with E-state index in [1.165, 1.54) is 0 Å². The molecular formula is C35H35N4O4PS. The number of benzene rings is 5. The van der Waals surface area contributed by atoms with E-state index in [2.05, 4.69) is 10.0 Å². The van der Waals surface area contributed by atoms with Gasteiger partial charge in [0.05, 0.1) is 10.7 Å². The van der Waals surface area contributed by atoms with E-state index in [9.17, 15) is 18.3 Å². The van der Waals surface area contributed by atoms with Crippen molar-refractivity contribution >= 4 is 55.6 Å². The molecule has 0 saturated carbocycles. The van der Waals surface area contributed by atoms with E-state index >= 15 is 0 Å². The molecule has 0 bridgehead atoms. The second-order valence-electron chi connectivity index (χ2n) is 10.6. The van der Waals surface area contributed by atoms with Crippen LogP contribution in [0.4, 0.5) is 5.69 Å². The van der Waals surface area contributed by atoms with Crippen LogP contribution in [0.5, 0.6) is 0 Å². The molecule has 5 aromatic rings. The van der Waals surface area contributed by atoms with Gasteiger partial charge in [0, 0.05) is 49.2 Å². The zero-order chi connectivity index (χ0) is 32.0. The molecule has 0 spiro atoms. The molecule has 5 rings (SSSR count). The van der Waals surface area contributed by atoms with Gasteiger partial charge in [0.25, 0.3) is 0 Å².